The summed E-state index contributed by atoms with van der Waals surface area (Å²) in [6.07, 6.45) is 3.92. The highest BCUT2D eigenvalue weighted by atomic mass is 35.5. The first-order valence-corrected chi connectivity index (χ1v) is 9.53. The normalized spacial score (nSPS) is 15.7. The molecule has 3 aromatic heterocycles. The van der Waals surface area contributed by atoms with Gasteiger partial charge in [-0.25, -0.2) is 19.3 Å². The quantitative estimate of drug-likeness (QED) is 0.662. The summed E-state index contributed by atoms with van der Waals surface area (Å²) in [5.74, 6) is -1.12. The molecule has 31 heavy (non-hydrogen) atoms. The Labute approximate surface area is 181 Å². The SMILES string of the molecule is Cc1cnc(C(=O)NC2COc3cc(Cl)cnc3N(C)C2=O)nc1-c1ccc(F)cn1. The van der Waals surface area contributed by atoms with Crippen LogP contribution in [-0.4, -0.2) is 51.4 Å². The highest BCUT2D eigenvalue weighted by Gasteiger charge is 2.32. The number of rotatable bonds is 3. The third kappa shape index (κ3) is 4.15. The highest BCUT2D eigenvalue weighted by Crippen LogP contribution is 2.30. The summed E-state index contributed by atoms with van der Waals surface area (Å²) in [6.45, 7) is 1.62. The van der Waals surface area contributed by atoms with Crippen LogP contribution in [0.15, 0.2) is 36.8 Å². The third-order valence-corrected chi connectivity index (χ3v) is 4.81. The van der Waals surface area contributed by atoms with E-state index in [9.17, 15) is 14.0 Å². The zero-order valence-electron chi connectivity index (χ0n) is 16.5. The Morgan fingerprint density at radius 1 is 1.26 bits per heavy atom. The second-order valence-corrected chi connectivity index (χ2v) is 7.23. The van der Waals surface area contributed by atoms with Crippen molar-refractivity contribution in [1.29, 1.82) is 0 Å². The van der Waals surface area contributed by atoms with Crippen molar-refractivity contribution in [2.24, 2.45) is 0 Å². The summed E-state index contributed by atoms with van der Waals surface area (Å²) in [6, 6.07) is 3.25. The maximum Gasteiger partial charge on any atom is 0.289 e. The van der Waals surface area contributed by atoms with E-state index >= 15 is 0 Å². The highest BCUT2D eigenvalue weighted by molar-refractivity contribution is 6.30. The Bertz CT molecular complexity index is 1170. The minimum Gasteiger partial charge on any atom is -0.487 e. The molecule has 0 aliphatic carbocycles. The summed E-state index contributed by atoms with van der Waals surface area (Å²) in [4.78, 5) is 43.3. The van der Waals surface area contributed by atoms with Gasteiger partial charge in [-0.3, -0.25) is 19.5 Å². The van der Waals surface area contributed by atoms with Crippen molar-refractivity contribution in [3.63, 3.8) is 0 Å². The van der Waals surface area contributed by atoms with Crippen molar-refractivity contribution < 1.29 is 18.7 Å². The number of amides is 2. The predicted octanol–water partition coefficient (Wildman–Crippen LogP) is 2.19. The van der Waals surface area contributed by atoms with E-state index in [1.54, 1.807) is 13.0 Å². The second-order valence-electron chi connectivity index (χ2n) is 6.80. The molecule has 1 aliphatic rings. The Hall–Kier alpha value is -3.66. The largest absolute Gasteiger partial charge is 0.487 e. The maximum absolute atomic E-state index is 13.2. The summed E-state index contributed by atoms with van der Waals surface area (Å²) in [5, 5.41) is 2.95. The fourth-order valence-corrected chi connectivity index (χ4v) is 3.15. The number of pyridine rings is 2. The van der Waals surface area contributed by atoms with Crippen molar-refractivity contribution in [2.45, 2.75) is 13.0 Å². The van der Waals surface area contributed by atoms with Crippen LogP contribution in [0.3, 0.4) is 0 Å². The van der Waals surface area contributed by atoms with Gasteiger partial charge in [0, 0.05) is 25.5 Å². The minimum absolute atomic E-state index is 0.123. The summed E-state index contributed by atoms with van der Waals surface area (Å²) < 4.78 is 18.8. The van der Waals surface area contributed by atoms with Crippen LogP contribution in [0, 0.1) is 12.7 Å². The van der Waals surface area contributed by atoms with Crippen molar-refractivity contribution in [3.8, 4) is 17.1 Å². The Morgan fingerprint density at radius 2 is 2.06 bits per heavy atom. The zero-order chi connectivity index (χ0) is 22.1. The van der Waals surface area contributed by atoms with Gasteiger partial charge in [0.25, 0.3) is 11.8 Å². The topological polar surface area (TPSA) is 110 Å². The summed E-state index contributed by atoms with van der Waals surface area (Å²) in [5.41, 5.74) is 1.43. The van der Waals surface area contributed by atoms with Crippen molar-refractivity contribution in [2.75, 3.05) is 18.6 Å². The third-order valence-electron chi connectivity index (χ3n) is 4.60. The Balaban J connectivity index is 1.56. The van der Waals surface area contributed by atoms with Gasteiger partial charge in [-0.1, -0.05) is 11.6 Å². The lowest BCUT2D eigenvalue weighted by Gasteiger charge is -2.19. The van der Waals surface area contributed by atoms with E-state index in [0.29, 0.717) is 33.5 Å². The average molecular weight is 443 g/mol. The van der Waals surface area contributed by atoms with Crippen LogP contribution >= 0.6 is 11.6 Å². The lowest BCUT2D eigenvalue weighted by Crippen LogP contribution is -2.49. The zero-order valence-corrected chi connectivity index (χ0v) is 17.2. The van der Waals surface area contributed by atoms with Gasteiger partial charge in [0.05, 0.1) is 22.6 Å². The molecule has 9 nitrogen and oxygen atoms in total. The molecule has 0 bridgehead atoms. The molecule has 11 heteroatoms. The van der Waals surface area contributed by atoms with Crippen LogP contribution in [0.4, 0.5) is 10.2 Å². The van der Waals surface area contributed by atoms with Crippen molar-refractivity contribution in [3.05, 3.63) is 59.0 Å². The average Bonchev–Trinajstić information content (AvgIpc) is 2.86. The number of ether oxygens (including phenoxy) is 1. The van der Waals surface area contributed by atoms with E-state index in [2.05, 4.69) is 25.3 Å². The predicted molar refractivity (Wildman–Crippen MR) is 109 cm³/mol. The number of likely N-dealkylation sites (N-methyl/N-ethyl adjacent to an activating group) is 1. The second kappa shape index (κ2) is 8.23. The molecule has 1 unspecified atom stereocenters. The van der Waals surface area contributed by atoms with Gasteiger partial charge in [0.15, 0.2) is 11.6 Å². The van der Waals surface area contributed by atoms with Crippen molar-refractivity contribution in [1.82, 2.24) is 25.3 Å². The van der Waals surface area contributed by atoms with Gasteiger partial charge in [0.2, 0.25) is 5.82 Å². The number of carbonyl (C=O) groups is 2. The first kappa shape index (κ1) is 20.6. The van der Waals surface area contributed by atoms with Gasteiger partial charge >= 0.3 is 0 Å². The molecule has 2 amide bonds. The molecule has 0 fully saturated rings. The van der Waals surface area contributed by atoms with Gasteiger partial charge < -0.3 is 10.1 Å². The monoisotopic (exact) mass is 442 g/mol. The molecule has 1 aliphatic heterocycles. The molecule has 1 atom stereocenters. The number of hydrogen-bond acceptors (Lipinski definition) is 7. The van der Waals surface area contributed by atoms with Gasteiger partial charge in [-0.15, -0.1) is 0 Å². The van der Waals surface area contributed by atoms with E-state index < -0.39 is 23.7 Å². The van der Waals surface area contributed by atoms with E-state index in [4.69, 9.17) is 16.3 Å². The summed E-state index contributed by atoms with van der Waals surface area (Å²) >= 11 is 5.94. The number of fused-ring (bicyclic) bond motifs is 1. The molecule has 3 aromatic rings. The fraction of sp³-hybridized carbons (Fsp3) is 0.200. The molecule has 158 valence electrons. The fourth-order valence-electron chi connectivity index (χ4n) is 3.01. The molecule has 0 saturated heterocycles. The number of aryl methyl sites for hydroxylation is 1. The van der Waals surface area contributed by atoms with Gasteiger partial charge in [0.1, 0.15) is 18.5 Å². The van der Waals surface area contributed by atoms with Crippen LogP contribution in [-0.2, 0) is 4.79 Å². The van der Waals surface area contributed by atoms with Crippen LogP contribution in [0.1, 0.15) is 16.2 Å². The van der Waals surface area contributed by atoms with Crippen LogP contribution in [0.25, 0.3) is 11.4 Å². The standard InChI is InChI=1S/C20H16ClFN6O3/c1-10-6-24-17(27-16(10)13-4-3-12(22)8-23-13)19(29)26-14-9-31-15-5-11(21)7-25-18(15)28(2)20(14)30/h3-8,14H,9H2,1-2H3,(H,26,29). The van der Waals surface area contributed by atoms with E-state index in [-0.39, 0.29) is 12.4 Å². The number of aromatic nitrogens is 4. The number of nitrogens with zero attached hydrogens (tertiary/aromatic N) is 5. The van der Waals surface area contributed by atoms with Crippen molar-refractivity contribution >= 4 is 29.2 Å². The van der Waals surface area contributed by atoms with Gasteiger partial charge in [-0.2, -0.15) is 0 Å². The summed E-state index contributed by atoms with van der Waals surface area (Å²) in [7, 11) is 1.52. The number of halogens is 2. The number of nitrogens with one attached hydrogen (secondary N) is 1. The van der Waals surface area contributed by atoms with Gasteiger partial charge in [-0.05, 0) is 24.6 Å². The molecule has 0 radical (unpaired) electrons. The van der Waals surface area contributed by atoms with E-state index in [1.165, 1.54) is 36.5 Å². The molecular formula is C20H16ClFN6O3. The lowest BCUT2D eigenvalue weighted by molar-refractivity contribution is -0.120. The van der Waals surface area contributed by atoms with Crippen LogP contribution in [0.5, 0.6) is 5.75 Å². The van der Waals surface area contributed by atoms with Crippen LogP contribution < -0.4 is 15.0 Å². The number of hydrogen-bond donors (Lipinski definition) is 1. The lowest BCUT2D eigenvalue weighted by atomic mass is 10.2. The van der Waals surface area contributed by atoms with Crippen LogP contribution in [0.2, 0.25) is 5.02 Å². The molecule has 4 rings (SSSR count). The molecule has 0 aromatic carbocycles. The number of anilines is 1. The Kier molecular flexibility index (Phi) is 5.47. The molecule has 4 heterocycles. The van der Waals surface area contributed by atoms with E-state index in [0.717, 1.165) is 6.20 Å². The Morgan fingerprint density at radius 3 is 2.81 bits per heavy atom. The number of carbonyl (C=O) groups excluding carboxylic acids is 2. The molecule has 0 saturated carbocycles. The first-order chi connectivity index (χ1) is 14.8. The first-order valence-electron chi connectivity index (χ1n) is 9.16. The minimum atomic E-state index is -0.997. The van der Waals surface area contributed by atoms with E-state index in [1.807, 2.05) is 0 Å². The smallest absolute Gasteiger partial charge is 0.289 e. The molecule has 0 spiro atoms. The molecular weight excluding hydrogens is 427 g/mol. The molecule has 1 N–H and O–H groups in total. The maximum atomic E-state index is 13.2.